The molecule has 144 valence electrons. The Morgan fingerprint density at radius 2 is 1.62 bits per heavy atom. The number of halogens is 2. The number of fused-ring (bicyclic) bond motifs is 2. The summed E-state index contributed by atoms with van der Waals surface area (Å²) >= 11 is 9.44. The summed E-state index contributed by atoms with van der Waals surface area (Å²) < 4.78 is 0.411. The fourth-order valence-electron chi connectivity index (χ4n) is 3.31. The Labute approximate surface area is 180 Å². The molecule has 3 N–H and O–H groups in total. The third kappa shape index (κ3) is 3.14. The van der Waals surface area contributed by atoms with Gasteiger partial charge in [-0.1, -0.05) is 41.9 Å². The number of hydrogen-bond acceptors (Lipinski definition) is 4. The van der Waals surface area contributed by atoms with Crippen LogP contribution in [0.25, 0.3) is 0 Å². The van der Waals surface area contributed by atoms with Crippen LogP contribution in [-0.4, -0.2) is 17.5 Å². The van der Waals surface area contributed by atoms with Crippen LogP contribution in [0.1, 0.15) is 47.8 Å². The molecule has 0 fully saturated rings. The maximum atomic E-state index is 13.2. The van der Waals surface area contributed by atoms with Crippen LogP contribution < -0.4 is 11.1 Å². The standard InChI is InChI=1S/C22H14BrClN2O3/c1-10-6-7-11(8-15(10)24)22(29)26-16-9-14(23)19(25)18-17(16)20(27)12-4-2-3-5-13(12)21(18)28/h2-9H,25H2,1H3,(H,26,29). The molecule has 0 bridgehead atoms. The van der Waals surface area contributed by atoms with E-state index < -0.39 is 5.91 Å². The van der Waals surface area contributed by atoms with Crippen molar-refractivity contribution in [2.75, 3.05) is 11.1 Å². The minimum atomic E-state index is -0.454. The lowest BCUT2D eigenvalue weighted by Crippen LogP contribution is -2.25. The third-order valence-electron chi connectivity index (χ3n) is 4.87. The number of carbonyl (C=O) groups is 3. The molecule has 0 heterocycles. The van der Waals surface area contributed by atoms with Crippen LogP contribution in [0, 0.1) is 6.92 Å². The number of ketones is 2. The molecule has 0 atom stereocenters. The molecule has 0 radical (unpaired) electrons. The zero-order chi connectivity index (χ0) is 20.9. The van der Waals surface area contributed by atoms with Gasteiger partial charge in [-0.3, -0.25) is 14.4 Å². The molecule has 3 aromatic rings. The number of amides is 1. The summed E-state index contributed by atoms with van der Waals surface area (Å²) in [6.45, 7) is 1.83. The highest BCUT2D eigenvalue weighted by Gasteiger charge is 2.34. The van der Waals surface area contributed by atoms with Crippen LogP contribution in [0.4, 0.5) is 11.4 Å². The van der Waals surface area contributed by atoms with Gasteiger partial charge in [0.2, 0.25) is 0 Å². The molecule has 1 aliphatic carbocycles. The molecule has 0 aromatic heterocycles. The first-order valence-corrected chi connectivity index (χ1v) is 9.84. The second kappa shape index (κ2) is 7.13. The van der Waals surface area contributed by atoms with Gasteiger partial charge >= 0.3 is 0 Å². The molecular formula is C22H14BrClN2O3. The Morgan fingerprint density at radius 1 is 1.00 bits per heavy atom. The molecule has 0 aliphatic heterocycles. The van der Waals surface area contributed by atoms with E-state index in [0.717, 1.165) is 5.56 Å². The van der Waals surface area contributed by atoms with Crippen molar-refractivity contribution in [2.24, 2.45) is 0 Å². The van der Waals surface area contributed by atoms with Gasteiger partial charge in [0.25, 0.3) is 5.91 Å². The minimum Gasteiger partial charge on any atom is -0.397 e. The van der Waals surface area contributed by atoms with E-state index in [1.807, 2.05) is 6.92 Å². The highest BCUT2D eigenvalue weighted by atomic mass is 79.9. The minimum absolute atomic E-state index is 0.0836. The van der Waals surface area contributed by atoms with Crippen molar-refractivity contribution in [3.8, 4) is 0 Å². The second-order valence-electron chi connectivity index (χ2n) is 6.69. The average molecular weight is 470 g/mol. The van der Waals surface area contributed by atoms with Gasteiger partial charge in [-0.25, -0.2) is 0 Å². The Morgan fingerprint density at radius 3 is 2.24 bits per heavy atom. The number of hydrogen-bond donors (Lipinski definition) is 2. The second-order valence-corrected chi connectivity index (χ2v) is 7.95. The smallest absolute Gasteiger partial charge is 0.255 e. The third-order valence-corrected chi connectivity index (χ3v) is 5.93. The van der Waals surface area contributed by atoms with E-state index in [1.165, 1.54) is 6.07 Å². The fraction of sp³-hybridized carbons (Fsp3) is 0.0455. The fourth-order valence-corrected chi connectivity index (χ4v) is 3.92. The summed E-state index contributed by atoms with van der Waals surface area (Å²) in [6, 6.07) is 13.0. The van der Waals surface area contributed by atoms with Crippen molar-refractivity contribution in [1.29, 1.82) is 0 Å². The molecule has 4 rings (SSSR count). The molecular weight excluding hydrogens is 456 g/mol. The van der Waals surface area contributed by atoms with Gasteiger partial charge in [0.15, 0.2) is 11.6 Å². The average Bonchev–Trinajstić information content (AvgIpc) is 2.70. The summed E-state index contributed by atoms with van der Waals surface area (Å²) in [4.78, 5) is 39.0. The number of nitrogens with two attached hydrogens (primary N) is 1. The Hall–Kier alpha value is -2.96. The van der Waals surface area contributed by atoms with E-state index in [-0.39, 0.29) is 45.2 Å². The van der Waals surface area contributed by atoms with Crippen LogP contribution in [0.15, 0.2) is 53.0 Å². The quantitative estimate of drug-likeness (QED) is 0.403. The van der Waals surface area contributed by atoms with Crippen molar-refractivity contribution >= 4 is 56.4 Å². The Balaban J connectivity index is 1.85. The molecule has 0 unspecified atom stereocenters. The lowest BCUT2D eigenvalue weighted by atomic mass is 9.82. The molecule has 29 heavy (non-hydrogen) atoms. The van der Waals surface area contributed by atoms with Gasteiger partial charge in [0, 0.05) is 26.2 Å². The predicted octanol–water partition coefficient (Wildman–Crippen LogP) is 5.02. The summed E-state index contributed by atoms with van der Waals surface area (Å²) in [5.41, 5.74) is 8.38. The maximum absolute atomic E-state index is 13.2. The summed E-state index contributed by atoms with van der Waals surface area (Å²) in [5.74, 6) is -1.18. The lowest BCUT2D eigenvalue weighted by molar-refractivity contribution is 0.0979. The van der Waals surface area contributed by atoms with Crippen LogP contribution in [0.3, 0.4) is 0 Å². The topological polar surface area (TPSA) is 89.3 Å². The summed E-state index contributed by atoms with van der Waals surface area (Å²) in [7, 11) is 0. The van der Waals surface area contributed by atoms with Gasteiger partial charge < -0.3 is 11.1 Å². The van der Waals surface area contributed by atoms with Crippen LogP contribution in [-0.2, 0) is 0 Å². The van der Waals surface area contributed by atoms with Gasteiger partial charge in [-0.05, 0) is 46.6 Å². The summed E-state index contributed by atoms with van der Waals surface area (Å²) in [6.07, 6.45) is 0. The molecule has 0 saturated heterocycles. The van der Waals surface area contributed by atoms with Gasteiger partial charge in [0.1, 0.15) is 0 Å². The van der Waals surface area contributed by atoms with E-state index in [1.54, 1.807) is 42.5 Å². The molecule has 7 heteroatoms. The zero-order valence-corrected chi connectivity index (χ0v) is 17.5. The number of nitrogen functional groups attached to an aromatic ring is 1. The number of anilines is 2. The first-order valence-electron chi connectivity index (χ1n) is 8.67. The molecule has 0 spiro atoms. The van der Waals surface area contributed by atoms with E-state index >= 15 is 0 Å². The zero-order valence-electron chi connectivity index (χ0n) is 15.2. The van der Waals surface area contributed by atoms with Crippen LogP contribution in [0.5, 0.6) is 0 Å². The van der Waals surface area contributed by atoms with E-state index in [4.69, 9.17) is 17.3 Å². The van der Waals surface area contributed by atoms with Crippen molar-refractivity contribution in [3.05, 3.63) is 91.4 Å². The van der Waals surface area contributed by atoms with Crippen molar-refractivity contribution in [2.45, 2.75) is 6.92 Å². The van der Waals surface area contributed by atoms with Crippen molar-refractivity contribution < 1.29 is 14.4 Å². The molecule has 5 nitrogen and oxygen atoms in total. The lowest BCUT2D eigenvalue weighted by Gasteiger charge is -2.22. The van der Waals surface area contributed by atoms with Crippen molar-refractivity contribution in [1.82, 2.24) is 0 Å². The van der Waals surface area contributed by atoms with E-state index in [0.29, 0.717) is 15.1 Å². The largest absolute Gasteiger partial charge is 0.397 e. The summed E-state index contributed by atoms with van der Waals surface area (Å²) in [5, 5.41) is 3.18. The van der Waals surface area contributed by atoms with Crippen molar-refractivity contribution in [3.63, 3.8) is 0 Å². The molecule has 3 aromatic carbocycles. The SMILES string of the molecule is Cc1ccc(C(=O)Nc2cc(Br)c(N)c3c2C(=O)c2ccccc2C3=O)cc1Cl. The molecule has 1 aliphatic rings. The molecule has 1 amide bonds. The Bertz CT molecular complexity index is 1240. The number of carbonyl (C=O) groups excluding carboxylic acids is 3. The van der Waals surface area contributed by atoms with Crippen LogP contribution >= 0.6 is 27.5 Å². The monoisotopic (exact) mass is 468 g/mol. The highest BCUT2D eigenvalue weighted by Crippen LogP contribution is 2.39. The number of nitrogens with one attached hydrogen (secondary N) is 1. The highest BCUT2D eigenvalue weighted by molar-refractivity contribution is 9.10. The predicted molar refractivity (Wildman–Crippen MR) is 116 cm³/mol. The maximum Gasteiger partial charge on any atom is 0.255 e. The normalized spacial score (nSPS) is 12.4. The molecule has 0 saturated carbocycles. The Kier molecular flexibility index (Phi) is 4.76. The number of benzene rings is 3. The van der Waals surface area contributed by atoms with Gasteiger partial charge in [-0.15, -0.1) is 0 Å². The number of aryl methyl sites for hydroxylation is 1. The van der Waals surface area contributed by atoms with E-state index in [9.17, 15) is 14.4 Å². The van der Waals surface area contributed by atoms with Gasteiger partial charge in [0.05, 0.1) is 22.5 Å². The van der Waals surface area contributed by atoms with Gasteiger partial charge in [-0.2, -0.15) is 0 Å². The first kappa shape index (κ1) is 19.4. The first-order chi connectivity index (χ1) is 13.8. The van der Waals surface area contributed by atoms with E-state index in [2.05, 4.69) is 21.2 Å². The number of rotatable bonds is 2. The van der Waals surface area contributed by atoms with Crippen LogP contribution in [0.2, 0.25) is 5.02 Å².